The van der Waals surface area contributed by atoms with E-state index in [2.05, 4.69) is 51.2 Å². The molecule has 0 bridgehead atoms. The van der Waals surface area contributed by atoms with Crippen LogP contribution in [0.15, 0.2) is 18.2 Å². The van der Waals surface area contributed by atoms with Gasteiger partial charge in [0.25, 0.3) is 0 Å². The normalized spacial score (nSPS) is 13.4. The fraction of sp³-hybridized carbons (Fsp3) is 0.625. The maximum atomic E-state index is 5.48. The van der Waals surface area contributed by atoms with Crippen LogP contribution in [0.2, 0.25) is 0 Å². The summed E-state index contributed by atoms with van der Waals surface area (Å²) >= 11 is 0. The molecular formula is C16H27NO. The average Bonchev–Trinajstić information content (AvgIpc) is 2.34. The second-order valence-electron chi connectivity index (χ2n) is 6.00. The molecule has 1 rings (SSSR count). The largest absolute Gasteiger partial charge is 0.496 e. The van der Waals surface area contributed by atoms with Gasteiger partial charge < -0.3 is 10.1 Å². The molecule has 1 aromatic rings. The van der Waals surface area contributed by atoms with Crippen molar-refractivity contribution < 1.29 is 4.74 Å². The maximum Gasteiger partial charge on any atom is 0.122 e. The van der Waals surface area contributed by atoms with Gasteiger partial charge >= 0.3 is 0 Å². The van der Waals surface area contributed by atoms with Crippen LogP contribution in [0, 0.1) is 0 Å². The zero-order chi connectivity index (χ0) is 13.8. The van der Waals surface area contributed by atoms with Crippen LogP contribution in [0.25, 0.3) is 0 Å². The summed E-state index contributed by atoms with van der Waals surface area (Å²) in [5, 5.41) is 3.21. The highest BCUT2D eigenvalue weighted by Gasteiger charge is 2.20. The Kier molecular flexibility index (Phi) is 5.21. The molecule has 1 aromatic carbocycles. The molecule has 0 saturated carbocycles. The number of nitrogens with one attached hydrogen (secondary N) is 1. The maximum absolute atomic E-state index is 5.48. The molecule has 0 amide bonds. The Morgan fingerprint density at radius 2 is 1.94 bits per heavy atom. The molecule has 0 heterocycles. The van der Waals surface area contributed by atoms with Gasteiger partial charge in [-0.3, -0.25) is 0 Å². The van der Waals surface area contributed by atoms with Gasteiger partial charge in [-0.25, -0.2) is 0 Å². The third-order valence-corrected chi connectivity index (χ3v) is 3.43. The predicted molar refractivity (Wildman–Crippen MR) is 78.7 cm³/mol. The molecule has 0 aliphatic carbocycles. The van der Waals surface area contributed by atoms with E-state index < -0.39 is 0 Å². The summed E-state index contributed by atoms with van der Waals surface area (Å²) in [6, 6.07) is 6.60. The molecule has 0 fully saturated rings. The van der Waals surface area contributed by atoms with Crippen LogP contribution in [0.1, 0.15) is 51.2 Å². The minimum Gasteiger partial charge on any atom is -0.496 e. The first kappa shape index (κ1) is 15.0. The highest BCUT2D eigenvalue weighted by atomic mass is 16.5. The number of ether oxygens (including phenoxy) is 1. The Morgan fingerprint density at radius 3 is 2.44 bits per heavy atom. The van der Waals surface area contributed by atoms with E-state index in [0.717, 1.165) is 18.7 Å². The van der Waals surface area contributed by atoms with Crippen molar-refractivity contribution in [1.29, 1.82) is 0 Å². The number of rotatable bonds is 5. The van der Waals surface area contributed by atoms with Gasteiger partial charge in [0.2, 0.25) is 0 Å². The highest BCUT2D eigenvalue weighted by Crippen LogP contribution is 2.34. The van der Waals surface area contributed by atoms with Gasteiger partial charge in [-0.15, -0.1) is 0 Å². The minimum atomic E-state index is 0.115. The SMILES string of the molecule is CNCCC(C)c1ccc(OC)c(C(C)(C)C)c1. The van der Waals surface area contributed by atoms with Crippen molar-refractivity contribution in [1.82, 2.24) is 5.32 Å². The molecule has 1 unspecified atom stereocenters. The van der Waals surface area contributed by atoms with Gasteiger partial charge in [0.15, 0.2) is 0 Å². The quantitative estimate of drug-likeness (QED) is 0.859. The zero-order valence-electron chi connectivity index (χ0n) is 12.6. The van der Waals surface area contributed by atoms with E-state index in [9.17, 15) is 0 Å². The second kappa shape index (κ2) is 6.24. The molecular weight excluding hydrogens is 222 g/mol. The fourth-order valence-corrected chi connectivity index (χ4v) is 2.15. The smallest absolute Gasteiger partial charge is 0.122 e. The van der Waals surface area contributed by atoms with Crippen molar-refractivity contribution in [2.45, 2.75) is 45.4 Å². The summed E-state index contributed by atoms with van der Waals surface area (Å²) in [5.74, 6) is 1.57. The molecule has 102 valence electrons. The molecule has 0 aromatic heterocycles. The Hall–Kier alpha value is -1.02. The van der Waals surface area contributed by atoms with Gasteiger partial charge in [0.05, 0.1) is 7.11 Å². The summed E-state index contributed by atoms with van der Waals surface area (Å²) in [7, 11) is 3.75. The summed E-state index contributed by atoms with van der Waals surface area (Å²) in [6.07, 6.45) is 1.16. The first-order chi connectivity index (χ1) is 8.40. The van der Waals surface area contributed by atoms with E-state index in [-0.39, 0.29) is 5.41 Å². The predicted octanol–water partition coefficient (Wildman–Crippen LogP) is 3.71. The molecule has 1 atom stereocenters. The molecule has 0 radical (unpaired) electrons. The average molecular weight is 249 g/mol. The fourth-order valence-electron chi connectivity index (χ4n) is 2.15. The van der Waals surface area contributed by atoms with E-state index in [1.807, 2.05) is 7.05 Å². The van der Waals surface area contributed by atoms with Gasteiger partial charge in [-0.2, -0.15) is 0 Å². The minimum absolute atomic E-state index is 0.115. The van der Waals surface area contributed by atoms with Crippen LogP contribution in [-0.4, -0.2) is 20.7 Å². The van der Waals surface area contributed by atoms with Gasteiger partial charge in [0, 0.05) is 0 Å². The topological polar surface area (TPSA) is 21.3 Å². The standard InChI is InChI=1S/C16H27NO/c1-12(9-10-17-5)13-7-8-15(18-6)14(11-13)16(2,3)4/h7-8,11-12,17H,9-10H2,1-6H3. The third kappa shape index (κ3) is 3.74. The van der Waals surface area contributed by atoms with Crippen LogP contribution < -0.4 is 10.1 Å². The molecule has 2 heteroatoms. The summed E-state index contributed by atoms with van der Waals surface area (Å²) in [5.41, 5.74) is 2.80. The van der Waals surface area contributed by atoms with Gasteiger partial charge in [-0.1, -0.05) is 39.8 Å². The van der Waals surface area contributed by atoms with Crippen molar-refractivity contribution >= 4 is 0 Å². The van der Waals surface area contributed by atoms with E-state index in [1.54, 1.807) is 7.11 Å². The molecule has 0 aliphatic heterocycles. The molecule has 1 N–H and O–H groups in total. The molecule has 2 nitrogen and oxygen atoms in total. The first-order valence-electron chi connectivity index (χ1n) is 6.73. The van der Waals surface area contributed by atoms with Crippen LogP contribution >= 0.6 is 0 Å². The zero-order valence-corrected chi connectivity index (χ0v) is 12.6. The van der Waals surface area contributed by atoms with Crippen LogP contribution in [0.5, 0.6) is 5.75 Å². The van der Waals surface area contributed by atoms with E-state index in [4.69, 9.17) is 4.74 Å². The lowest BCUT2D eigenvalue weighted by Crippen LogP contribution is -2.15. The van der Waals surface area contributed by atoms with Gasteiger partial charge in [0.1, 0.15) is 5.75 Å². The molecule has 0 saturated heterocycles. The highest BCUT2D eigenvalue weighted by molar-refractivity contribution is 5.42. The van der Waals surface area contributed by atoms with E-state index in [1.165, 1.54) is 11.1 Å². The monoisotopic (exact) mass is 249 g/mol. The number of hydrogen-bond acceptors (Lipinski definition) is 2. The molecule has 0 spiro atoms. The number of methoxy groups -OCH3 is 1. The van der Waals surface area contributed by atoms with Crippen LogP contribution in [0.4, 0.5) is 0 Å². The number of benzene rings is 1. The lowest BCUT2D eigenvalue weighted by atomic mass is 9.83. The van der Waals surface area contributed by atoms with Crippen molar-refractivity contribution in [2.24, 2.45) is 0 Å². The molecule has 0 aliphatic rings. The summed E-state index contributed by atoms with van der Waals surface area (Å²) < 4.78 is 5.48. The van der Waals surface area contributed by atoms with Gasteiger partial charge in [-0.05, 0) is 48.5 Å². The van der Waals surface area contributed by atoms with E-state index in [0.29, 0.717) is 5.92 Å². The molecule has 18 heavy (non-hydrogen) atoms. The van der Waals surface area contributed by atoms with Crippen molar-refractivity contribution in [3.63, 3.8) is 0 Å². The number of hydrogen-bond donors (Lipinski definition) is 1. The summed E-state index contributed by atoms with van der Waals surface area (Å²) in [4.78, 5) is 0. The third-order valence-electron chi connectivity index (χ3n) is 3.43. The van der Waals surface area contributed by atoms with E-state index >= 15 is 0 Å². The van der Waals surface area contributed by atoms with Crippen molar-refractivity contribution in [3.8, 4) is 5.75 Å². The van der Waals surface area contributed by atoms with Crippen molar-refractivity contribution in [2.75, 3.05) is 20.7 Å². The van der Waals surface area contributed by atoms with Crippen LogP contribution in [0.3, 0.4) is 0 Å². The Morgan fingerprint density at radius 1 is 1.28 bits per heavy atom. The summed E-state index contributed by atoms with van der Waals surface area (Å²) in [6.45, 7) is 10.0. The van der Waals surface area contributed by atoms with Crippen LogP contribution in [-0.2, 0) is 5.41 Å². The van der Waals surface area contributed by atoms with Crippen molar-refractivity contribution in [3.05, 3.63) is 29.3 Å². The Bertz CT molecular complexity index is 379. The lowest BCUT2D eigenvalue weighted by Gasteiger charge is -2.24. The first-order valence-corrected chi connectivity index (χ1v) is 6.73. The Labute approximate surface area is 112 Å². The Balaban J connectivity index is 3.03. The second-order valence-corrected chi connectivity index (χ2v) is 6.00. The lowest BCUT2D eigenvalue weighted by molar-refractivity contribution is 0.397.